The van der Waals surface area contributed by atoms with Gasteiger partial charge in [0.05, 0.1) is 5.56 Å². The van der Waals surface area contributed by atoms with Gasteiger partial charge in [0.2, 0.25) is 0 Å². The molecule has 0 N–H and O–H groups in total. The molecular weight excluding hydrogens is 263 g/mol. The standard InChI is InChI=1S/C19H13FO/c20-19-12-17(10-11-18(19)13-21)16-8-6-15(7-9-16)14-4-2-1-3-5-14/h1-13H. The Morgan fingerprint density at radius 2 is 1.19 bits per heavy atom. The van der Waals surface area contributed by atoms with Crippen molar-refractivity contribution in [3.8, 4) is 22.3 Å². The Morgan fingerprint density at radius 3 is 1.76 bits per heavy atom. The van der Waals surface area contributed by atoms with E-state index >= 15 is 0 Å². The Hall–Kier alpha value is -2.74. The molecule has 2 heteroatoms. The molecule has 0 atom stereocenters. The van der Waals surface area contributed by atoms with Gasteiger partial charge in [0, 0.05) is 0 Å². The van der Waals surface area contributed by atoms with E-state index in [1.807, 2.05) is 54.6 Å². The summed E-state index contributed by atoms with van der Waals surface area (Å²) in [5.41, 5.74) is 4.03. The van der Waals surface area contributed by atoms with Crippen LogP contribution in [0.2, 0.25) is 0 Å². The molecule has 102 valence electrons. The number of hydrogen-bond acceptors (Lipinski definition) is 1. The van der Waals surface area contributed by atoms with Crippen LogP contribution < -0.4 is 0 Å². The first-order chi connectivity index (χ1) is 10.3. The minimum atomic E-state index is -0.491. The highest BCUT2D eigenvalue weighted by atomic mass is 19.1. The Balaban J connectivity index is 1.94. The van der Waals surface area contributed by atoms with E-state index < -0.39 is 5.82 Å². The second-order valence-electron chi connectivity index (χ2n) is 4.80. The van der Waals surface area contributed by atoms with Gasteiger partial charge in [-0.2, -0.15) is 0 Å². The van der Waals surface area contributed by atoms with Crippen molar-refractivity contribution in [1.29, 1.82) is 0 Å². The van der Waals surface area contributed by atoms with Gasteiger partial charge in [-0.25, -0.2) is 4.39 Å². The van der Waals surface area contributed by atoms with Crippen LogP contribution in [-0.2, 0) is 0 Å². The van der Waals surface area contributed by atoms with E-state index in [4.69, 9.17) is 0 Å². The van der Waals surface area contributed by atoms with Crippen molar-refractivity contribution in [3.05, 3.63) is 84.2 Å². The molecule has 0 aromatic heterocycles. The summed E-state index contributed by atoms with van der Waals surface area (Å²) in [4.78, 5) is 10.6. The summed E-state index contributed by atoms with van der Waals surface area (Å²) in [5, 5.41) is 0. The topological polar surface area (TPSA) is 17.1 Å². The largest absolute Gasteiger partial charge is 0.298 e. The maximum absolute atomic E-state index is 13.6. The highest BCUT2D eigenvalue weighted by molar-refractivity contribution is 5.78. The summed E-state index contributed by atoms with van der Waals surface area (Å²) in [7, 11) is 0. The molecule has 0 radical (unpaired) electrons. The number of halogens is 1. The molecule has 0 bridgehead atoms. The van der Waals surface area contributed by atoms with E-state index in [-0.39, 0.29) is 5.56 Å². The lowest BCUT2D eigenvalue weighted by Gasteiger charge is -2.06. The van der Waals surface area contributed by atoms with Gasteiger partial charge in [0.1, 0.15) is 5.82 Å². The second-order valence-corrected chi connectivity index (χ2v) is 4.80. The first-order valence-corrected chi connectivity index (χ1v) is 6.68. The number of aldehydes is 1. The summed E-state index contributed by atoms with van der Waals surface area (Å²) in [6.45, 7) is 0. The van der Waals surface area contributed by atoms with E-state index in [9.17, 15) is 9.18 Å². The minimum Gasteiger partial charge on any atom is -0.298 e. The molecule has 0 spiro atoms. The third-order valence-corrected chi connectivity index (χ3v) is 3.45. The monoisotopic (exact) mass is 276 g/mol. The van der Waals surface area contributed by atoms with Crippen molar-refractivity contribution in [2.24, 2.45) is 0 Å². The fourth-order valence-corrected chi connectivity index (χ4v) is 2.29. The summed E-state index contributed by atoms with van der Waals surface area (Å²) in [6, 6.07) is 22.7. The first-order valence-electron chi connectivity index (χ1n) is 6.68. The van der Waals surface area contributed by atoms with Crippen LogP contribution >= 0.6 is 0 Å². The average molecular weight is 276 g/mol. The summed E-state index contributed by atoms with van der Waals surface area (Å²) in [5.74, 6) is -0.491. The number of carbonyl (C=O) groups excluding carboxylic acids is 1. The van der Waals surface area contributed by atoms with E-state index in [0.717, 1.165) is 22.3 Å². The predicted molar refractivity (Wildman–Crippen MR) is 82.7 cm³/mol. The van der Waals surface area contributed by atoms with Crippen LogP contribution in [0.1, 0.15) is 10.4 Å². The molecule has 0 unspecified atom stereocenters. The lowest BCUT2D eigenvalue weighted by atomic mass is 9.99. The number of hydrogen-bond donors (Lipinski definition) is 0. The Morgan fingerprint density at radius 1 is 0.667 bits per heavy atom. The number of benzene rings is 3. The van der Waals surface area contributed by atoms with Crippen LogP contribution in [0.5, 0.6) is 0 Å². The summed E-state index contributed by atoms with van der Waals surface area (Å²) < 4.78 is 13.6. The predicted octanol–water partition coefficient (Wildman–Crippen LogP) is 4.97. The molecule has 0 amide bonds. The maximum Gasteiger partial charge on any atom is 0.152 e. The van der Waals surface area contributed by atoms with Gasteiger partial charge in [-0.1, -0.05) is 60.7 Å². The van der Waals surface area contributed by atoms with Crippen LogP contribution in [0.25, 0.3) is 22.3 Å². The highest BCUT2D eigenvalue weighted by Gasteiger charge is 2.05. The molecular formula is C19H13FO. The molecule has 0 saturated heterocycles. The van der Waals surface area contributed by atoms with Crippen LogP contribution in [-0.4, -0.2) is 6.29 Å². The summed E-state index contributed by atoms with van der Waals surface area (Å²) in [6.07, 6.45) is 0.525. The molecule has 3 aromatic carbocycles. The smallest absolute Gasteiger partial charge is 0.152 e. The van der Waals surface area contributed by atoms with Gasteiger partial charge >= 0.3 is 0 Å². The van der Waals surface area contributed by atoms with Gasteiger partial charge in [0.25, 0.3) is 0 Å². The van der Waals surface area contributed by atoms with Gasteiger partial charge in [-0.3, -0.25) is 4.79 Å². The number of rotatable bonds is 3. The molecule has 0 aliphatic heterocycles. The molecule has 0 heterocycles. The molecule has 1 nitrogen and oxygen atoms in total. The van der Waals surface area contributed by atoms with Crippen molar-refractivity contribution < 1.29 is 9.18 Å². The van der Waals surface area contributed by atoms with Crippen molar-refractivity contribution in [2.75, 3.05) is 0 Å². The molecule has 0 fully saturated rings. The lowest BCUT2D eigenvalue weighted by molar-refractivity contribution is 0.112. The maximum atomic E-state index is 13.6. The zero-order chi connectivity index (χ0) is 14.7. The quantitative estimate of drug-likeness (QED) is 0.617. The van der Waals surface area contributed by atoms with E-state index in [1.54, 1.807) is 6.07 Å². The number of carbonyl (C=O) groups is 1. The van der Waals surface area contributed by atoms with E-state index in [0.29, 0.717) is 6.29 Å². The van der Waals surface area contributed by atoms with Crippen LogP contribution in [0.3, 0.4) is 0 Å². The van der Waals surface area contributed by atoms with Gasteiger partial charge < -0.3 is 0 Å². The summed E-state index contributed by atoms with van der Waals surface area (Å²) >= 11 is 0. The Bertz CT molecular complexity index is 761. The zero-order valence-electron chi connectivity index (χ0n) is 11.3. The third-order valence-electron chi connectivity index (χ3n) is 3.45. The second kappa shape index (κ2) is 5.71. The molecule has 0 saturated carbocycles. The fourth-order valence-electron chi connectivity index (χ4n) is 2.29. The third kappa shape index (κ3) is 2.75. The van der Waals surface area contributed by atoms with Crippen LogP contribution in [0, 0.1) is 5.82 Å². The zero-order valence-corrected chi connectivity index (χ0v) is 11.3. The van der Waals surface area contributed by atoms with Crippen LogP contribution in [0.15, 0.2) is 72.8 Å². The molecule has 21 heavy (non-hydrogen) atoms. The van der Waals surface area contributed by atoms with Crippen molar-refractivity contribution in [1.82, 2.24) is 0 Å². The van der Waals surface area contributed by atoms with E-state index in [1.165, 1.54) is 12.1 Å². The molecule has 0 aliphatic rings. The van der Waals surface area contributed by atoms with Crippen molar-refractivity contribution in [3.63, 3.8) is 0 Å². The fraction of sp³-hybridized carbons (Fsp3) is 0. The minimum absolute atomic E-state index is 0.0830. The van der Waals surface area contributed by atoms with Crippen molar-refractivity contribution >= 4 is 6.29 Å². The average Bonchev–Trinajstić information content (AvgIpc) is 2.56. The van der Waals surface area contributed by atoms with Crippen molar-refractivity contribution in [2.45, 2.75) is 0 Å². The normalized spacial score (nSPS) is 10.3. The van der Waals surface area contributed by atoms with Gasteiger partial charge in [-0.05, 0) is 34.4 Å². The molecule has 3 aromatic rings. The highest BCUT2D eigenvalue weighted by Crippen LogP contribution is 2.25. The molecule has 0 aliphatic carbocycles. The molecule has 3 rings (SSSR count). The van der Waals surface area contributed by atoms with Gasteiger partial charge in [-0.15, -0.1) is 0 Å². The van der Waals surface area contributed by atoms with E-state index in [2.05, 4.69) is 0 Å². The SMILES string of the molecule is O=Cc1ccc(-c2ccc(-c3ccccc3)cc2)cc1F. The lowest BCUT2D eigenvalue weighted by Crippen LogP contribution is -1.88. The van der Waals surface area contributed by atoms with Gasteiger partial charge in [0.15, 0.2) is 6.29 Å². The first kappa shape index (κ1) is 13.3. The van der Waals surface area contributed by atoms with Crippen LogP contribution in [0.4, 0.5) is 4.39 Å². The Kier molecular flexibility index (Phi) is 3.61. The Labute approximate surface area is 122 Å².